The Morgan fingerprint density at radius 3 is 2.68 bits per heavy atom. The fourth-order valence-corrected chi connectivity index (χ4v) is 2.65. The Hall–Kier alpha value is -2.93. The Balaban J connectivity index is 2.01. The minimum atomic E-state index is -0.738. The lowest BCUT2D eigenvalue weighted by atomic mass is 10.0. The first-order valence-electron chi connectivity index (χ1n) is 8.12. The number of para-hydroxylation sites is 1. The van der Waals surface area contributed by atoms with Crippen LogP contribution in [0, 0.1) is 0 Å². The van der Waals surface area contributed by atoms with Gasteiger partial charge in [-0.05, 0) is 19.1 Å². The van der Waals surface area contributed by atoms with Gasteiger partial charge >= 0.3 is 5.97 Å². The smallest absolute Gasteiger partial charge is 0.322 e. The van der Waals surface area contributed by atoms with Gasteiger partial charge in [-0.25, -0.2) is 4.68 Å². The lowest BCUT2D eigenvalue weighted by molar-refractivity contribution is -0.142. The number of hydrogen-bond acceptors (Lipinski definition) is 5. The minimum absolute atomic E-state index is 0.339. The lowest BCUT2D eigenvalue weighted by Gasteiger charge is -2.08. The number of nitrogens with zero attached hydrogens (tertiary/aromatic N) is 4. The fraction of sp³-hybridized carbons (Fsp3) is 0.278. The molecule has 2 aromatic heterocycles. The van der Waals surface area contributed by atoms with Gasteiger partial charge in [0.15, 0.2) is 0 Å². The summed E-state index contributed by atoms with van der Waals surface area (Å²) in [6.07, 6.45) is 5.95. The highest BCUT2D eigenvalue weighted by Gasteiger charge is 2.20. The number of aromatic nitrogens is 4. The molecule has 0 aliphatic heterocycles. The standard InChI is InChI=1S/C18H21N5O2/c1-3-22-11-14(10-20-22)17-13(9-16(19)18(24)25-2)12-23(21-17)15-7-5-4-6-8-15/h4-8,10-12,16H,3,9,19H2,1-2H3. The molecule has 2 N–H and O–H groups in total. The van der Waals surface area contributed by atoms with Crippen molar-refractivity contribution in [3.05, 3.63) is 54.5 Å². The molecule has 0 fully saturated rings. The van der Waals surface area contributed by atoms with Crippen LogP contribution in [0.5, 0.6) is 0 Å². The Morgan fingerprint density at radius 2 is 2.04 bits per heavy atom. The van der Waals surface area contributed by atoms with Crippen molar-refractivity contribution in [2.45, 2.75) is 25.9 Å². The second kappa shape index (κ2) is 7.31. The van der Waals surface area contributed by atoms with Gasteiger partial charge in [0.2, 0.25) is 0 Å². The summed E-state index contributed by atoms with van der Waals surface area (Å²) in [4.78, 5) is 11.7. The molecule has 2 heterocycles. The van der Waals surface area contributed by atoms with Crippen molar-refractivity contribution < 1.29 is 9.53 Å². The van der Waals surface area contributed by atoms with Crippen LogP contribution in [0.4, 0.5) is 0 Å². The van der Waals surface area contributed by atoms with Crippen LogP contribution in [0.25, 0.3) is 16.9 Å². The van der Waals surface area contributed by atoms with Crippen LogP contribution >= 0.6 is 0 Å². The van der Waals surface area contributed by atoms with E-state index in [0.29, 0.717) is 6.42 Å². The van der Waals surface area contributed by atoms with E-state index in [2.05, 4.69) is 5.10 Å². The number of hydrogen-bond donors (Lipinski definition) is 1. The molecular weight excluding hydrogens is 318 g/mol. The van der Waals surface area contributed by atoms with E-state index in [1.165, 1.54) is 7.11 Å². The molecule has 25 heavy (non-hydrogen) atoms. The van der Waals surface area contributed by atoms with Crippen LogP contribution in [0.2, 0.25) is 0 Å². The van der Waals surface area contributed by atoms with Crippen LogP contribution in [-0.4, -0.2) is 38.7 Å². The SMILES string of the molecule is CCn1cc(-c2nn(-c3ccccc3)cc2CC(N)C(=O)OC)cn1. The molecule has 3 aromatic rings. The van der Waals surface area contributed by atoms with Crippen LogP contribution < -0.4 is 5.73 Å². The van der Waals surface area contributed by atoms with Gasteiger partial charge in [-0.1, -0.05) is 18.2 Å². The van der Waals surface area contributed by atoms with Crippen molar-refractivity contribution >= 4 is 5.97 Å². The molecule has 7 heteroatoms. The number of benzene rings is 1. The molecule has 0 saturated carbocycles. The van der Waals surface area contributed by atoms with Gasteiger partial charge in [0.25, 0.3) is 0 Å². The van der Waals surface area contributed by atoms with Crippen LogP contribution in [0.1, 0.15) is 12.5 Å². The predicted octanol–water partition coefficient (Wildman–Crippen LogP) is 1.80. The normalized spacial score (nSPS) is 12.1. The summed E-state index contributed by atoms with van der Waals surface area (Å²) in [5, 5.41) is 9.00. The van der Waals surface area contributed by atoms with Crippen molar-refractivity contribution in [3.63, 3.8) is 0 Å². The molecule has 0 radical (unpaired) electrons. The molecule has 0 saturated heterocycles. The quantitative estimate of drug-likeness (QED) is 0.692. The molecule has 130 valence electrons. The third-order valence-corrected chi connectivity index (χ3v) is 3.99. The number of aryl methyl sites for hydroxylation is 1. The average Bonchev–Trinajstić information content (AvgIpc) is 3.28. The van der Waals surface area contributed by atoms with E-state index in [-0.39, 0.29) is 0 Å². The topological polar surface area (TPSA) is 88.0 Å². The summed E-state index contributed by atoms with van der Waals surface area (Å²) in [6, 6.07) is 9.05. The Labute approximate surface area is 146 Å². The first-order valence-corrected chi connectivity index (χ1v) is 8.12. The maximum Gasteiger partial charge on any atom is 0.322 e. The molecule has 3 rings (SSSR count). The number of ether oxygens (including phenoxy) is 1. The van der Waals surface area contributed by atoms with E-state index < -0.39 is 12.0 Å². The summed E-state index contributed by atoms with van der Waals surface area (Å²) in [5.74, 6) is -0.442. The molecule has 1 unspecified atom stereocenters. The van der Waals surface area contributed by atoms with E-state index in [1.54, 1.807) is 10.9 Å². The van der Waals surface area contributed by atoms with Gasteiger partial charge in [0.1, 0.15) is 6.04 Å². The zero-order valence-electron chi connectivity index (χ0n) is 14.3. The number of carbonyl (C=O) groups excluding carboxylic acids is 1. The monoisotopic (exact) mass is 339 g/mol. The van der Waals surface area contributed by atoms with Gasteiger partial charge in [-0.15, -0.1) is 0 Å². The zero-order valence-corrected chi connectivity index (χ0v) is 14.3. The summed E-state index contributed by atoms with van der Waals surface area (Å²) in [6.45, 7) is 2.80. The second-order valence-corrected chi connectivity index (χ2v) is 5.70. The molecule has 7 nitrogen and oxygen atoms in total. The maximum absolute atomic E-state index is 11.7. The molecule has 0 aliphatic rings. The number of rotatable bonds is 6. The second-order valence-electron chi connectivity index (χ2n) is 5.70. The van der Waals surface area contributed by atoms with Crippen molar-refractivity contribution in [1.82, 2.24) is 19.6 Å². The van der Waals surface area contributed by atoms with Crippen molar-refractivity contribution in [2.75, 3.05) is 7.11 Å². The highest BCUT2D eigenvalue weighted by atomic mass is 16.5. The summed E-state index contributed by atoms with van der Waals surface area (Å²) in [5.41, 5.74) is 9.42. The third-order valence-electron chi connectivity index (χ3n) is 3.99. The van der Waals surface area contributed by atoms with E-state index in [4.69, 9.17) is 15.6 Å². The molecule has 0 spiro atoms. The number of carbonyl (C=O) groups is 1. The predicted molar refractivity (Wildman–Crippen MR) is 94.2 cm³/mol. The van der Waals surface area contributed by atoms with E-state index >= 15 is 0 Å². The summed E-state index contributed by atoms with van der Waals surface area (Å²) < 4.78 is 8.36. The Kier molecular flexibility index (Phi) is 4.95. The number of methoxy groups -OCH3 is 1. The molecule has 0 aliphatic carbocycles. The van der Waals surface area contributed by atoms with Gasteiger partial charge in [-0.3, -0.25) is 9.48 Å². The molecule has 1 atom stereocenters. The Bertz CT molecular complexity index is 853. The van der Waals surface area contributed by atoms with Gasteiger partial charge in [0, 0.05) is 36.5 Å². The largest absolute Gasteiger partial charge is 0.468 e. The molecule has 0 bridgehead atoms. The van der Waals surface area contributed by atoms with Crippen LogP contribution in [0.3, 0.4) is 0 Å². The fourth-order valence-electron chi connectivity index (χ4n) is 2.65. The van der Waals surface area contributed by atoms with Gasteiger partial charge in [0.05, 0.1) is 24.7 Å². The van der Waals surface area contributed by atoms with Gasteiger partial charge < -0.3 is 10.5 Å². The van der Waals surface area contributed by atoms with Crippen LogP contribution in [0.15, 0.2) is 48.9 Å². The van der Waals surface area contributed by atoms with Crippen molar-refractivity contribution in [1.29, 1.82) is 0 Å². The highest BCUT2D eigenvalue weighted by Crippen LogP contribution is 2.24. The number of esters is 1. The average molecular weight is 339 g/mol. The molecular formula is C18H21N5O2. The summed E-state index contributed by atoms with van der Waals surface area (Å²) >= 11 is 0. The van der Waals surface area contributed by atoms with E-state index in [0.717, 1.165) is 29.1 Å². The maximum atomic E-state index is 11.7. The van der Waals surface area contributed by atoms with E-state index in [9.17, 15) is 4.79 Å². The first kappa shape index (κ1) is 16.9. The number of nitrogens with two attached hydrogens (primary N) is 1. The van der Waals surface area contributed by atoms with Crippen LogP contribution in [-0.2, 0) is 22.5 Å². The molecule has 0 amide bonds. The first-order chi connectivity index (χ1) is 12.1. The molecule has 1 aromatic carbocycles. The minimum Gasteiger partial charge on any atom is -0.468 e. The third kappa shape index (κ3) is 3.61. The van der Waals surface area contributed by atoms with Crippen molar-refractivity contribution in [3.8, 4) is 16.9 Å². The van der Waals surface area contributed by atoms with Gasteiger partial charge in [-0.2, -0.15) is 10.2 Å². The summed E-state index contributed by atoms with van der Waals surface area (Å²) in [7, 11) is 1.34. The van der Waals surface area contributed by atoms with E-state index in [1.807, 2.05) is 54.3 Å². The highest BCUT2D eigenvalue weighted by molar-refractivity contribution is 5.76. The lowest BCUT2D eigenvalue weighted by Crippen LogP contribution is -2.33. The Morgan fingerprint density at radius 1 is 1.28 bits per heavy atom. The zero-order chi connectivity index (χ0) is 17.8. The van der Waals surface area contributed by atoms with Crippen molar-refractivity contribution in [2.24, 2.45) is 5.73 Å².